The zero-order chi connectivity index (χ0) is 12.7. The van der Waals surface area contributed by atoms with Crippen molar-refractivity contribution in [1.82, 2.24) is 4.90 Å². The number of hydrogen-bond acceptors (Lipinski definition) is 2. The minimum atomic E-state index is 0.257. The van der Waals surface area contributed by atoms with Gasteiger partial charge in [0.05, 0.1) is 12.1 Å². The average Bonchev–Trinajstić information content (AvgIpc) is 2.12. The Labute approximate surface area is 102 Å². The Hall–Kier alpha value is -0.500. The van der Waals surface area contributed by atoms with Crippen LogP contribution < -0.4 is 0 Å². The molecule has 0 rings (SSSR count). The second-order valence-corrected chi connectivity index (χ2v) is 5.29. The van der Waals surface area contributed by atoms with Crippen molar-refractivity contribution in [3.8, 4) is 0 Å². The maximum Gasteiger partial charge on any atom is 0.109 e. The van der Waals surface area contributed by atoms with Crippen molar-refractivity contribution in [3.05, 3.63) is 11.8 Å². The molecule has 16 heavy (non-hydrogen) atoms. The Morgan fingerprint density at radius 2 is 1.75 bits per heavy atom. The molecule has 0 saturated heterocycles. The number of allylic oxidation sites excluding steroid dienone is 1. The summed E-state index contributed by atoms with van der Waals surface area (Å²) in [4.78, 5) is 2.25. The quantitative estimate of drug-likeness (QED) is 0.615. The van der Waals surface area contributed by atoms with Gasteiger partial charge in [0.1, 0.15) is 5.76 Å². The summed E-state index contributed by atoms with van der Waals surface area (Å²) in [5.41, 5.74) is 0. The van der Waals surface area contributed by atoms with E-state index in [1.165, 1.54) is 0 Å². The van der Waals surface area contributed by atoms with Crippen LogP contribution in [-0.2, 0) is 4.74 Å². The van der Waals surface area contributed by atoms with E-state index in [1.54, 1.807) is 0 Å². The maximum atomic E-state index is 5.93. The molecule has 0 fully saturated rings. The first-order valence-electron chi connectivity index (χ1n) is 6.41. The van der Waals surface area contributed by atoms with Crippen LogP contribution in [-0.4, -0.2) is 31.1 Å². The summed E-state index contributed by atoms with van der Waals surface area (Å²) in [6, 6.07) is 0.405. The van der Waals surface area contributed by atoms with Crippen LogP contribution in [0.3, 0.4) is 0 Å². The highest BCUT2D eigenvalue weighted by molar-refractivity contribution is 5.04. The molecule has 0 aromatic carbocycles. The van der Waals surface area contributed by atoms with Crippen LogP contribution in [0, 0.1) is 5.92 Å². The second-order valence-electron chi connectivity index (χ2n) is 5.29. The summed E-state index contributed by atoms with van der Waals surface area (Å²) in [5.74, 6) is 1.82. The lowest BCUT2D eigenvalue weighted by atomic mass is 10.0. The Kier molecular flexibility index (Phi) is 7.48. The largest absolute Gasteiger partial charge is 0.494 e. The molecule has 2 nitrogen and oxygen atoms in total. The molecule has 1 atom stereocenters. The van der Waals surface area contributed by atoms with E-state index in [0.717, 1.165) is 18.6 Å². The molecule has 0 N–H and O–H groups in total. The lowest BCUT2D eigenvalue weighted by Crippen LogP contribution is -2.33. The predicted octanol–water partition coefficient (Wildman–Crippen LogP) is 3.68. The van der Waals surface area contributed by atoms with Crippen molar-refractivity contribution < 1.29 is 4.74 Å². The molecule has 96 valence electrons. The first-order valence-corrected chi connectivity index (χ1v) is 6.41. The van der Waals surface area contributed by atoms with Gasteiger partial charge >= 0.3 is 0 Å². The Bertz CT molecular complexity index is 207. The fourth-order valence-corrected chi connectivity index (χ4v) is 1.76. The van der Waals surface area contributed by atoms with Gasteiger partial charge in [0.25, 0.3) is 0 Å². The fraction of sp³-hybridized carbons (Fsp3) is 0.857. The van der Waals surface area contributed by atoms with Gasteiger partial charge in [-0.1, -0.05) is 20.8 Å². The molecular formula is C14H29NO. The van der Waals surface area contributed by atoms with Crippen molar-refractivity contribution in [2.45, 2.75) is 59.6 Å². The topological polar surface area (TPSA) is 12.5 Å². The molecule has 0 radical (unpaired) electrons. The number of ether oxygens (including phenoxy) is 1. The van der Waals surface area contributed by atoms with Crippen molar-refractivity contribution in [3.63, 3.8) is 0 Å². The molecule has 0 spiro atoms. The third-order valence-electron chi connectivity index (χ3n) is 2.42. The van der Waals surface area contributed by atoms with Gasteiger partial charge in [0.2, 0.25) is 0 Å². The van der Waals surface area contributed by atoms with E-state index in [0.29, 0.717) is 12.0 Å². The molecule has 0 aliphatic carbocycles. The van der Waals surface area contributed by atoms with Gasteiger partial charge in [0.15, 0.2) is 0 Å². The molecule has 0 saturated carbocycles. The fourth-order valence-electron chi connectivity index (χ4n) is 1.76. The lowest BCUT2D eigenvalue weighted by molar-refractivity contribution is 0.0965. The van der Waals surface area contributed by atoms with Gasteiger partial charge in [-0.2, -0.15) is 0 Å². The van der Waals surface area contributed by atoms with Crippen LogP contribution in [0.1, 0.15) is 47.5 Å². The molecule has 2 heteroatoms. The highest BCUT2D eigenvalue weighted by Crippen LogP contribution is 2.20. The van der Waals surface area contributed by atoms with Gasteiger partial charge in [-0.05, 0) is 52.8 Å². The maximum absolute atomic E-state index is 5.93. The number of hydrogen-bond donors (Lipinski definition) is 0. The van der Waals surface area contributed by atoms with E-state index in [-0.39, 0.29) is 6.10 Å². The van der Waals surface area contributed by atoms with Crippen molar-refractivity contribution in [1.29, 1.82) is 0 Å². The predicted molar refractivity (Wildman–Crippen MR) is 71.5 cm³/mol. The van der Waals surface area contributed by atoms with Crippen molar-refractivity contribution >= 4 is 0 Å². The standard InChI is InChI=1S/C14H29NO/c1-8-9-14(16-12(4)5)13(15(6)7)10-11(2)3/h9,11-13H,8,10H2,1-7H3/t13-/m1/s1. The van der Waals surface area contributed by atoms with Crippen LogP contribution in [0.2, 0.25) is 0 Å². The summed E-state index contributed by atoms with van der Waals surface area (Å²) in [7, 11) is 4.25. The summed E-state index contributed by atoms with van der Waals surface area (Å²) in [6.07, 6.45) is 4.65. The van der Waals surface area contributed by atoms with E-state index in [2.05, 4.69) is 59.7 Å². The Balaban J connectivity index is 4.73. The van der Waals surface area contributed by atoms with Gasteiger partial charge in [-0.15, -0.1) is 0 Å². The number of rotatable bonds is 7. The highest BCUT2D eigenvalue weighted by atomic mass is 16.5. The first kappa shape index (κ1) is 15.5. The number of likely N-dealkylation sites (N-methyl/N-ethyl adjacent to an activating group) is 1. The van der Waals surface area contributed by atoms with E-state index in [1.807, 2.05) is 0 Å². The zero-order valence-corrected chi connectivity index (χ0v) is 12.1. The molecule has 0 aliphatic rings. The van der Waals surface area contributed by atoms with Crippen molar-refractivity contribution in [2.24, 2.45) is 5.92 Å². The van der Waals surface area contributed by atoms with E-state index >= 15 is 0 Å². The van der Waals surface area contributed by atoms with Crippen molar-refractivity contribution in [2.75, 3.05) is 14.1 Å². The monoisotopic (exact) mass is 227 g/mol. The smallest absolute Gasteiger partial charge is 0.109 e. The Morgan fingerprint density at radius 3 is 2.06 bits per heavy atom. The van der Waals surface area contributed by atoms with Gasteiger partial charge in [0, 0.05) is 0 Å². The summed E-state index contributed by atoms with van der Waals surface area (Å²) < 4.78 is 5.93. The third-order valence-corrected chi connectivity index (χ3v) is 2.42. The molecule has 0 aromatic heterocycles. The summed E-state index contributed by atoms with van der Waals surface area (Å²) >= 11 is 0. The SMILES string of the molecule is CCC=C(OC(C)C)[C@@H](CC(C)C)N(C)C. The Morgan fingerprint density at radius 1 is 1.19 bits per heavy atom. The normalized spacial score (nSPS) is 15.0. The summed E-state index contributed by atoms with van der Waals surface area (Å²) in [6.45, 7) is 10.9. The first-order chi connectivity index (χ1) is 7.38. The molecule has 0 heterocycles. The minimum absolute atomic E-state index is 0.257. The molecule has 0 bridgehead atoms. The van der Waals surface area contributed by atoms with E-state index in [9.17, 15) is 0 Å². The average molecular weight is 227 g/mol. The minimum Gasteiger partial charge on any atom is -0.494 e. The van der Waals surface area contributed by atoms with Crippen LogP contribution >= 0.6 is 0 Å². The molecular weight excluding hydrogens is 198 g/mol. The van der Waals surface area contributed by atoms with Gasteiger partial charge < -0.3 is 4.74 Å². The molecule has 0 amide bonds. The number of nitrogens with zero attached hydrogens (tertiary/aromatic N) is 1. The third kappa shape index (κ3) is 6.16. The van der Waals surface area contributed by atoms with E-state index in [4.69, 9.17) is 4.74 Å². The molecule has 0 unspecified atom stereocenters. The molecule has 0 aromatic rings. The lowest BCUT2D eigenvalue weighted by Gasteiger charge is -2.29. The van der Waals surface area contributed by atoms with Gasteiger partial charge in [-0.25, -0.2) is 0 Å². The van der Waals surface area contributed by atoms with E-state index < -0.39 is 0 Å². The van der Waals surface area contributed by atoms with Crippen LogP contribution in [0.25, 0.3) is 0 Å². The van der Waals surface area contributed by atoms with Gasteiger partial charge in [-0.3, -0.25) is 4.90 Å². The van der Waals surface area contributed by atoms with Crippen LogP contribution in [0.4, 0.5) is 0 Å². The van der Waals surface area contributed by atoms with Crippen LogP contribution in [0.15, 0.2) is 11.8 Å². The molecule has 0 aliphatic heterocycles. The second kappa shape index (κ2) is 7.72. The zero-order valence-electron chi connectivity index (χ0n) is 12.1. The highest BCUT2D eigenvalue weighted by Gasteiger charge is 2.20. The van der Waals surface area contributed by atoms with Crippen LogP contribution in [0.5, 0.6) is 0 Å². The summed E-state index contributed by atoms with van der Waals surface area (Å²) in [5, 5.41) is 0.